The minimum absolute atomic E-state index is 0.00896. The molecule has 4 aromatic rings. The van der Waals surface area contributed by atoms with Gasteiger partial charge in [-0.05, 0) is 37.3 Å². The average Bonchev–Trinajstić information content (AvgIpc) is 2.95. The van der Waals surface area contributed by atoms with Crippen LogP contribution in [0.5, 0.6) is 0 Å². The monoisotopic (exact) mass is 367 g/mol. The molecule has 2 aromatic carbocycles. The Bertz CT molecular complexity index is 1180. The van der Waals surface area contributed by atoms with Crippen LogP contribution in [0.3, 0.4) is 0 Å². The van der Waals surface area contributed by atoms with Crippen LogP contribution in [-0.4, -0.2) is 19.2 Å². The summed E-state index contributed by atoms with van der Waals surface area (Å²) >= 11 is 0. The Hall–Kier alpha value is -3.55. The highest BCUT2D eigenvalue weighted by molar-refractivity contribution is 5.58. The van der Waals surface area contributed by atoms with E-state index in [2.05, 4.69) is 15.4 Å². The zero-order chi connectivity index (χ0) is 19.0. The van der Waals surface area contributed by atoms with Crippen LogP contribution < -0.4 is 11.0 Å². The highest BCUT2D eigenvalue weighted by Crippen LogP contribution is 2.17. The van der Waals surface area contributed by atoms with E-state index in [1.165, 1.54) is 27.3 Å². The first-order valence-corrected chi connectivity index (χ1v) is 8.24. The summed E-state index contributed by atoms with van der Waals surface area (Å²) < 4.78 is 29.4. The van der Waals surface area contributed by atoms with Gasteiger partial charge in [0, 0.05) is 23.0 Å². The van der Waals surface area contributed by atoms with Gasteiger partial charge in [0.1, 0.15) is 17.5 Å². The van der Waals surface area contributed by atoms with Gasteiger partial charge in [0.05, 0.1) is 6.54 Å². The molecule has 0 unspecified atom stereocenters. The van der Waals surface area contributed by atoms with Gasteiger partial charge < -0.3 is 5.32 Å². The van der Waals surface area contributed by atoms with Gasteiger partial charge >= 0.3 is 5.69 Å². The molecule has 0 amide bonds. The van der Waals surface area contributed by atoms with Gasteiger partial charge in [0.15, 0.2) is 0 Å². The molecule has 6 nitrogen and oxygen atoms in total. The molecule has 0 bridgehead atoms. The van der Waals surface area contributed by atoms with E-state index in [1.807, 2.05) is 0 Å². The van der Waals surface area contributed by atoms with Crippen molar-refractivity contribution in [3.8, 4) is 0 Å². The molecule has 2 heterocycles. The van der Waals surface area contributed by atoms with Crippen molar-refractivity contribution in [3.63, 3.8) is 0 Å². The van der Waals surface area contributed by atoms with Crippen LogP contribution in [-0.2, 0) is 6.54 Å². The van der Waals surface area contributed by atoms with E-state index in [0.717, 1.165) is 0 Å². The molecular formula is C19H15F2N5O. The van der Waals surface area contributed by atoms with Gasteiger partial charge in [0.2, 0.25) is 0 Å². The number of rotatable bonds is 4. The maximum atomic E-state index is 13.9. The first-order chi connectivity index (χ1) is 13.0. The minimum Gasteiger partial charge on any atom is -0.340 e. The summed E-state index contributed by atoms with van der Waals surface area (Å²) in [6.07, 6.45) is 0. The number of anilines is 2. The molecule has 4 rings (SSSR count). The topological polar surface area (TPSA) is 64.2 Å². The highest BCUT2D eigenvalue weighted by atomic mass is 19.1. The third-order valence-electron chi connectivity index (χ3n) is 4.14. The standard InChI is InChI=1S/C19H15F2N5O/c1-12-10-17(22-15-8-6-14(20)7-9-15)23-18-24-25(19(27)26(12)18)11-13-4-2-3-5-16(13)21/h2-10H,11H2,1H3,(H,22,23,24). The second-order valence-corrected chi connectivity index (χ2v) is 6.08. The van der Waals surface area contributed by atoms with E-state index in [-0.39, 0.29) is 18.1 Å². The van der Waals surface area contributed by atoms with Crippen molar-refractivity contribution in [2.45, 2.75) is 13.5 Å². The summed E-state index contributed by atoms with van der Waals surface area (Å²) in [5, 5.41) is 7.26. The zero-order valence-corrected chi connectivity index (χ0v) is 14.4. The molecule has 0 spiro atoms. The Morgan fingerprint density at radius 3 is 2.56 bits per heavy atom. The average molecular weight is 367 g/mol. The largest absolute Gasteiger partial charge is 0.352 e. The SMILES string of the molecule is Cc1cc(Nc2ccc(F)cc2)nc2nn(Cc3ccccc3F)c(=O)n12. The smallest absolute Gasteiger partial charge is 0.340 e. The van der Waals surface area contributed by atoms with Crippen molar-refractivity contribution in [3.05, 3.63) is 88.0 Å². The fraction of sp³-hybridized carbons (Fsp3) is 0.105. The number of nitrogens with one attached hydrogen (secondary N) is 1. The van der Waals surface area contributed by atoms with Gasteiger partial charge in [0.25, 0.3) is 5.78 Å². The first kappa shape index (κ1) is 16.9. The summed E-state index contributed by atoms with van der Waals surface area (Å²) in [6, 6.07) is 13.8. The van der Waals surface area contributed by atoms with Crippen LogP contribution in [0.2, 0.25) is 0 Å². The Balaban J connectivity index is 1.71. The van der Waals surface area contributed by atoms with Gasteiger partial charge in [-0.3, -0.25) is 0 Å². The lowest BCUT2D eigenvalue weighted by Gasteiger charge is -2.06. The third kappa shape index (κ3) is 3.29. The Morgan fingerprint density at radius 2 is 1.81 bits per heavy atom. The summed E-state index contributed by atoms with van der Waals surface area (Å²) in [7, 11) is 0. The van der Waals surface area contributed by atoms with Gasteiger partial charge in [-0.1, -0.05) is 18.2 Å². The lowest BCUT2D eigenvalue weighted by molar-refractivity contribution is 0.578. The number of benzene rings is 2. The molecule has 2 aromatic heterocycles. The summed E-state index contributed by atoms with van der Waals surface area (Å²) in [5.41, 5.74) is 1.24. The van der Waals surface area contributed by atoms with Gasteiger partial charge in [-0.25, -0.2) is 22.7 Å². The van der Waals surface area contributed by atoms with E-state index in [0.29, 0.717) is 22.8 Å². The number of hydrogen-bond donors (Lipinski definition) is 1. The molecule has 136 valence electrons. The molecule has 1 N–H and O–H groups in total. The van der Waals surface area contributed by atoms with Crippen molar-refractivity contribution >= 4 is 17.3 Å². The van der Waals surface area contributed by atoms with E-state index in [9.17, 15) is 13.6 Å². The predicted molar refractivity (Wildman–Crippen MR) is 97.2 cm³/mol. The second-order valence-electron chi connectivity index (χ2n) is 6.08. The van der Waals surface area contributed by atoms with Crippen molar-refractivity contribution < 1.29 is 8.78 Å². The normalized spacial score (nSPS) is 11.1. The molecule has 0 fully saturated rings. The molecule has 0 atom stereocenters. The number of aromatic nitrogens is 4. The van der Waals surface area contributed by atoms with Crippen molar-refractivity contribution in [2.75, 3.05) is 5.32 Å². The lowest BCUT2D eigenvalue weighted by Crippen LogP contribution is -2.23. The number of fused-ring (bicyclic) bond motifs is 1. The van der Waals surface area contributed by atoms with Crippen LogP contribution in [0.4, 0.5) is 20.3 Å². The summed E-state index contributed by atoms with van der Waals surface area (Å²) in [5.74, 6) is -0.0704. The molecule has 0 radical (unpaired) electrons. The number of nitrogens with zero attached hydrogens (tertiary/aromatic N) is 4. The number of aryl methyl sites for hydroxylation is 1. The number of halogens is 2. The zero-order valence-electron chi connectivity index (χ0n) is 14.4. The van der Waals surface area contributed by atoms with E-state index in [4.69, 9.17) is 0 Å². The van der Waals surface area contributed by atoms with E-state index < -0.39 is 11.5 Å². The maximum absolute atomic E-state index is 13.9. The molecule has 8 heteroatoms. The molecule has 0 aliphatic carbocycles. The van der Waals surface area contributed by atoms with Crippen LogP contribution in [0, 0.1) is 18.6 Å². The summed E-state index contributed by atoms with van der Waals surface area (Å²) in [4.78, 5) is 16.9. The quantitative estimate of drug-likeness (QED) is 0.601. The van der Waals surface area contributed by atoms with Crippen LogP contribution in [0.25, 0.3) is 5.78 Å². The first-order valence-electron chi connectivity index (χ1n) is 8.24. The molecule has 0 saturated carbocycles. The van der Waals surface area contributed by atoms with Crippen molar-refractivity contribution in [1.82, 2.24) is 19.2 Å². The Morgan fingerprint density at radius 1 is 1.07 bits per heavy atom. The van der Waals surface area contributed by atoms with E-state index >= 15 is 0 Å². The molecule has 27 heavy (non-hydrogen) atoms. The summed E-state index contributed by atoms with van der Waals surface area (Å²) in [6.45, 7) is 1.76. The fourth-order valence-corrected chi connectivity index (χ4v) is 2.82. The predicted octanol–water partition coefficient (Wildman–Crippen LogP) is 3.27. The van der Waals surface area contributed by atoms with Crippen LogP contribution in [0.15, 0.2) is 59.4 Å². The Labute approximate surface area is 152 Å². The highest BCUT2D eigenvalue weighted by Gasteiger charge is 2.13. The van der Waals surface area contributed by atoms with Crippen LogP contribution in [0.1, 0.15) is 11.3 Å². The van der Waals surface area contributed by atoms with E-state index in [1.54, 1.807) is 43.3 Å². The minimum atomic E-state index is -0.398. The molecule has 0 aliphatic rings. The van der Waals surface area contributed by atoms with Crippen LogP contribution >= 0.6 is 0 Å². The molecule has 0 saturated heterocycles. The lowest BCUT2D eigenvalue weighted by atomic mass is 10.2. The molecular weight excluding hydrogens is 352 g/mol. The fourth-order valence-electron chi connectivity index (χ4n) is 2.82. The third-order valence-corrected chi connectivity index (χ3v) is 4.14. The van der Waals surface area contributed by atoms with Crippen molar-refractivity contribution in [2.24, 2.45) is 0 Å². The second kappa shape index (κ2) is 6.64. The van der Waals surface area contributed by atoms with Gasteiger partial charge in [-0.2, -0.15) is 4.98 Å². The van der Waals surface area contributed by atoms with Crippen molar-refractivity contribution in [1.29, 1.82) is 0 Å². The molecule has 0 aliphatic heterocycles. The van der Waals surface area contributed by atoms with Gasteiger partial charge in [-0.15, -0.1) is 5.10 Å². The maximum Gasteiger partial charge on any atom is 0.352 e. The Kier molecular flexibility index (Phi) is 4.15. The number of hydrogen-bond acceptors (Lipinski definition) is 4.